The minimum atomic E-state index is -0.378. The molecule has 4 nitrogen and oxygen atoms in total. The third kappa shape index (κ3) is 4.67. The van der Waals surface area contributed by atoms with Crippen LogP contribution in [-0.4, -0.2) is 28.8 Å². The SMILES string of the molecule is CC(=O)N(CC(=O)Nc1ccccc1Br)C(C)(C)C. The average molecular weight is 327 g/mol. The number of halogens is 1. The summed E-state index contributed by atoms with van der Waals surface area (Å²) in [4.78, 5) is 25.1. The summed E-state index contributed by atoms with van der Waals surface area (Å²) in [6.45, 7) is 7.22. The molecule has 0 saturated heterocycles. The van der Waals surface area contributed by atoms with Crippen LogP contribution in [0.4, 0.5) is 5.69 Å². The number of benzene rings is 1. The Kier molecular flexibility index (Phi) is 5.11. The highest BCUT2D eigenvalue weighted by molar-refractivity contribution is 9.10. The van der Waals surface area contributed by atoms with Crippen molar-refractivity contribution in [2.45, 2.75) is 33.2 Å². The van der Waals surface area contributed by atoms with Crippen molar-refractivity contribution in [3.05, 3.63) is 28.7 Å². The number of carbonyl (C=O) groups is 2. The van der Waals surface area contributed by atoms with Gasteiger partial charge in [-0.05, 0) is 48.8 Å². The van der Waals surface area contributed by atoms with Gasteiger partial charge in [0, 0.05) is 16.9 Å². The molecular weight excluding hydrogens is 308 g/mol. The van der Waals surface area contributed by atoms with Crippen molar-refractivity contribution in [3.8, 4) is 0 Å². The summed E-state index contributed by atoms with van der Waals surface area (Å²) in [6, 6.07) is 7.36. The van der Waals surface area contributed by atoms with E-state index in [1.165, 1.54) is 6.92 Å². The molecule has 0 radical (unpaired) electrons. The van der Waals surface area contributed by atoms with E-state index in [9.17, 15) is 9.59 Å². The first kappa shape index (κ1) is 15.7. The molecule has 1 aromatic rings. The molecule has 0 atom stereocenters. The van der Waals surface area contributed by atoms with Gasteiger partial charge in [0.1, 0.15) is 6.54 Å². The van der Waals surface area contributed by atoms with Crippen molar-refractivity contribution in [1.82, 2.24) is 4.90 Å². The Morgan fingerprint density at radius 2 is 1.84 bits per heavy atom. The summed E-state index contributed by atoms with van der Waals surface area (Å²) in [5, 5.41) is 2.79. The van der Waals surface area contributed by atoms with Gasteiger partial charge in [-0.25, -0.2) is 0 Å². The Morgan fingerprint density at radius 1 is 1.26 bits per heavy atom. The lowest BCUT2D eigenvalue weighted by atomic mass is 10.1. The number of nitrogens with one attached hydrogen (secondary N) is 1. The van der Waals surface area contributed by atoms with Crippen molar-refractivity contribution >= 4 is 33.4 Å². The number of anilines is 1. The average Bonchev–Trinajstić information content (AvgIpc) is 2.27. The van der Waals surface area contributed by atoms with Gasteiger partial charge in [-0.15, -0.1) is 0 Å². The fourth-order valence-corrected chi connectivity index (χ4v) is 2.10. The summed E-state index contributed by atoms with van der Waals surface area (Å²) >= 11 is 3.36. The van der Waals surface area contributed by atoms with Crippen molar-refractivity contribution < 1.29 is 9.59 Å². The number of nitrogens with zero attached hydrogens (tertiary/aromatic N) is 1. The fourth-order valence-electron chi connectivity index (χ4n) is 1.72. The van der Waals surface area contributed by atoms with Gasteiger partial charge >= 0.3 is 0 Å². The van der Waals surface area contributed by atoms with Crippen LogP contribution in [0.15, 0.2) is 28.7 Å². The van der Waals surface area contributed by atoms with Gasteiger partial charge in [0.05, 0.1) is 5.69 Å². The van der Waals surface area contributed by atoms with Crippen molar-refractivity contribution in [1.29, 1.82) is 0 Å². The van der Waals surface area contributed by atoms with Crippen molar-refractivity contribution in [2.24, 2.45) is 0 Å². The summed E-state index contributed by atoms with van der Waals surface area (Å²) in [6.07, 6.45) is 0. The van der Waals surface area contributed by atoms with Gasteiger partial charge in [-0.2, -0.15) is 0 Å². The number of para-hydroxylation sites is 1. The molecule has 1 N–H and O–H groups in total. The van der Waals surface area contributed by atoms with Gasteiger partial charge in [0.15, 0.2) is 0 Å². The zero-order valence-electron chi connectivity index (χ0n) is 11.7. The lowest BCUT2D eigenvalue weighted by Crippen LogP contribution is -2.48. The first-order chi connectivity index (χ1) is 8.71. The van der Waals surface area contributed by atoms with E-state index in [0.717, 1.165) is 4.47 Å². The molecule has 0 saturated carbocycles. The van der Waals surface area contributed by atoms with Crippen LogP contribution in [0.5, 0.6) is 0 Å². The van der Waals surface area contributed by atoms with Gasteiger partial charge in [0.25, 0.3) is 0 Å². The van der Waals surface area contributed by atoms with E-state index >= 15 is 0 Å². The minimum Gasteiger partial charge on any atom is -0.329 e. The second-order valence-electron chi connectivity index (χ2n) is 5.30. The number of hydrogen-bond donors (Lipinski definition) is 1. The highest BCUT2D eigenvalue weighted by atomic mass is 79.9. The molecule has 1 aromatic carbocycles. The van der Waals surface area contributed by atoms with Crippen LogP contribution in [0, 0.1) is 0 Å². The Balaban J connectivity index is 2.75. The largest absolute Gasteiger partial charge is 0.329 e. The van der Waals surface area contributed by atoms with Crippen LogP contribution in [0.25, 0.3) is 0 Å². The summed E-state index contributed by atoms with van der Waals surface area (Å²) in [5.41, 5.74) is 0.321. The number of rotatable bonds is 3. The molecule has 0 spiro atoms. The van der Waals surface area contributed by atoms with E-state index in [1.54, 1.807) is 11.0 Å². The van der Waals surface area contributed by atoms with Crippen LogP contribution < -0.4 is 5.32 Å². The van der Waals surface area contributed by atoms with Crippen LogP contribution in [0.1, 0.15) is 27.7 Å². The molecule has 0 aromatic heterocycles. The molecule has 0 unspecified atom stereocenters. The van der Waals surface area contributed by atoms with Crippen LogP contribution in [0.3, 0.4) is 0 Å². The number of amides is 2. The van der Waals surface area contributed by atoms with Gasteiger partial charge in [-0.1, -0.05) is 12.1 Å². The van der Waals surface area contributed by atoms with Gasteiger partial charge in [-0.3, -0.25) is 9.59 Å². The Bertz CT molecular complexity index is 481. The summed E-state index contributed by atoms with van der Waals surface area (Å²) < 4.78 is 0.813. The molecule has 0 fully saturated rings. The maximum atomic E-state index is 12.0. The van der Waals surface area contributed by atoms with E-state index < -0.39 is 0 Å². The number of carbonyl (C=O) groups excluding carboxylic acids is 2. The van der Waals surface area contributed by atoms with Crippen LogP contribution in [0.2, 0.25) is 0 Å². The molecule has 1 rings (SSSR count). The Hall–Kier alpha value is -1.36. The Morgan fingerprint density at radius 3 is 2.32 bits per heavy atom. The summed E-state index contributed by atoms with van der Waals surface area (Å²) in [5.74, 6) is -0.327. The molecule has 0 aliphatic heterocycles. The molecule has 0 bridgehead atoms. The number of hydrogen-bond acceptors (Lipinski definition) is 2. The molecule has 0 heterocycles. The molecule has 0 aliphatic rings. The summed E-state index contributed by atoms with van der Waals surface area (Å²) in [7, 11) is 0. The molecule has 19 heavy (non-hydrogen) atoms. The van der Waals surface area contributed by atoms with Crippen molar-refractivity contribution in [2.75, 3.05) is 11.9 Å². The molecule has 5 heteroatoms. The second kappa shape index (κ2) is 6.19. The first-order valence-electron chi connectivity index (χ1n) is 6.04. The third-order valence-corrected chi connectivity index (χ3v) is 3.33. The quantitative estimate of drug-likeness (QED) is 0.928. The normalized spacial score (nSPS) is 11.0. The monoisotopic (exact) mass is 326 g/mol. The smallest absolute Gasteiger partial charge is 0.244 e. The van der Waals surface area contributed by atoms with E-state index in [0.29, 0.717) is 5.69 Å². The van der Waals surface area contributed by atoms with Crippen LogP contribution >= 0.6 is 15.9 Å². The van der Waals surface area contributed by atoms with E-state index in [4.69, 9.17) is 0 Å². The second-order valence-corrected chi connectivity index (χ2v) is 6.16. The topological polar surface area (TPSA) is 49.4 Å². The van der Waals surface area contributed by atoms with E-state index in [1.807, 2.05) is 39.0 Å². The lowest BCUT2D eigenvalue weighted by Gasteiger charge is -2.34. The maximum Gasteiger partial charge on any atom is 0.244 e. The standard InChI is InChI=1S/C14H19BrN2O2/c1-10(18)17(14(2,3)4)9-13(19)16-12-8-6-5-7-11(12)15/h5-8H,9H2,1-4H3,(H,16,19). The Labute approximate surface area is 122 Å². The first-order valence-corrected chi connectivity index (χ1v) is 6.83. The molecule has 2 amide bonds. The zero-order valence-corrected chi connectivity index (χ0v) is 13.2. The lowest BCUT2D eigenvalue weighted by molar-refractivity contribution is -0.137. The molecule has 104 valence electrons. The van der Waals surface area contributed by atoms with Crippen molar-refractivity contribution in [3.63, 3.8) is 0 Å². The highest BCUT2D eigenvalue weighted by Crippen LogP contribution is 2.21. The third-order valence-electron chi connectivity index (χ3n) is 2.64. The molecular formula is C14H19BrN2O2. The zero-order chi connectivity index (χ0) is 14.6. The minimum absolute atomic E-state index is 0.0418. The van der Waals surface area contributed by atoms with E-state index in [2.05, 4.69) is 21.2 Å². The highest BCUT2D eigenvalue weighted by Gasteiger charge is 2.25. The van der Waals surface area contributed by atoms with E-state index in [-0.39, 0.29) is 23.9 Å². The molecule has 0 aliphatic carbocycles. The van der Waals surface area contributed by atoms with Crippen LogP contribution in [-0.2, 0) is 9.59 Å². The predicted octanol–water partition coefficient (Wildman–Crippen LogP) is 3.03. The fraction of sp³-hybridized carbons (Fsp3) is 0.429. The van der Waals surface area contributed by atoms with Gasteiger partial charge < -0.3 is 10.2 Å². The van der Waals surface area contributed by atoms with Gasteiger partial charge in [0.2, 0.25) is 11.8 Å². The maximum absolute atomic E-state index is 12.0. The predicted molar refractivity (Wildman–Crippen MR) is 79.9 cm³/mol.